The van der Waals surface area contributed by atoms with Crippen LogP contribution in [0.2, 0.25) is 0 Å². The van der Waals surface area contributed by atoms with E-state index >= 15 is 4.39 Å². The van der Waals surface area contributed by atoms with Crippen LogP contribution < -0.4 is 15.6 Å². The van der Waals surface area contributed by atoms with Crippen LogP contribution in [0.5, 0.6) is 0 Å². The average molecular weight is 458 g/mol. The quantitative estimate of drug-likeness (QED) is 0.729. The Morgan fingerprint density at radius 1 is 1.21 bits per heavy atom. The summed E-state index contributed by atoms with van der Waals surface area (Å²) in [5.41, 5.74) is -0.723. The van der Waals surface area contributed by atoms with Gasteiger partial charge in [-0.3, -0.25) is 4.79 Å². The second-order valence-electron chi connectivity index (χ2n) is 10.5. The van der Waals surface area contributed by atoms with Crippen molar-refractivity contribution in [2.24, 2.45) is 11.8 Å². The van der Waals surface area contributed by atoms with Gasteiger partial charge >= 0.3 is 12.1 Å². The van der Waals surface area contributed by atoms with Crippen molar-refractivity contribution in [3.8, 4) is 0 Å². The number of benzene rings is 1. The first-order chi connectivity index (χ1) is 15.5. The van der Waals surface area contributed by atoms with Crippen LogP contribution in [0.25, 0.3) is 10.9 Å². The van der Waals surface area contributed by atoms with Crippen LogP contribution in [-0.4, -0.2) is 46.5 Å². The van der Waals surface area contributed by atoms with Crippen LogP contribution in [0.4, 0.5) is 14.9 Å². The largest absolute Gasteiger partial charge is 0.477 e. The lowest BCUT2D eigenvalue weighted by Gasteiger charge is -2.35. The number of nitrogens with zero attached hydrogens (tertiary/aromatic N) is 2. The summed E-state index contributed by atoms with van der Waals surface area (Å²) in [4.78, 5) is 38.5. The van der Waals surface area contributed by atoms with Crippen molar-refractivity contribution < 1.29 is 23.8 Å². The average Bonchev–Trinajstić information content (AvgIpc) is 3.60. The van der Waals surface area contributed by atoms with Crippen molar-refractivity contribution in [2.45, 2.75) is 57.7 Å². The molecule has 2 saturated carbocycles. The lowest BCUT2D eigenvalue weighted by atomic mass is 10.0. The molecule has 2 aromatic rings. The van der Waals surface area contributed by atoms with E-state index in [0.717, 1.165) is 25.3 Å². The molecule has 3 fully saturated rings. The van der Waals surface area contributed by atoms with Gasteiger partial charge in [0.05, 0.1) is 17.2 Å². The summed E-state index contributed by atoms with van der Waals surface area (Å²) in [6.45, 7) is 6.52. The van der Waals surface area contributed by atoms with Crippen molar-refractivity contribution in [3.63, 3.8) is 0 Å². The van der Waals surface area contributed by atoms with E-state index in [1.54, 1.807) is 31.4 Å². The highest BCUT2D eigenvalue weighted by atomic mass is 19.1. The molecule has 1 saturated heterocycles. The zero-order valence-corrected chi connectivity index (χ0v) is 18.9. The maximum Gasteiger partial charge on any atom is 0.407 e. The second-order valence-corrected chi connectivity index (χ2v) is 10.5. The van der Waals surface area contributed by atoms with Crippen molar-refractivity contribution in [1.29, 1.82) is 0 Å². The van der Waals surface area contributed by atoms with E-state index in [1.807, 2.05) is 4.90 Å². The minimum absolute atomic E-state index is 0.0767. The summed E-state index contributed by atoms with van der Waals surface area (Å²) in [6.07, 6.45) is 3.63. The highest BCUT2D eigenvalue weighted by Gasteiger charge is 2.49. The number of anilines is 1. The number of aromatic carboxylic acids is 1. The monoisotopic (exact) mass is 457 g/mol. The van der Waals surface area contributed by atoms with Gasteiger partial charge in [0.1, 0.15) is 17.0 Å². The van der Waals surface area contributed by atoms with Gasteiger partial charge in [-0.15, -0.1) is 0 Å². The lowest BCUT2D eigenvalue weighted by Crippen LogP contribution is -2.50. The Balaban J connectivity index is 1.48. The fraction of sp³-hybridized carbons (Fsp3) is 0.542. The SMILES string of the molecule is CC(C)(C)OC(=O)NC1CN(c2cc3c(cc2F)c(=O)c(C(=O)O)cn3C2CC2)CC2CC21. The Labute approximate surface area is 190 Å². The first-order valence-electron chi connectivity index (χ1n) is 11.4. The Morgan fingerprint density at radius 3 is 2.58 bits per heavy atom. The van der Waals surface area contributed by atoms with Gasteiger partial charge in [-0.05, 0) is 64.0 Å². The predicted octanol–water partition coefficient (Wildman–Crippen LogP) is 3.52. The molecule has 33 heavy (non-hydrogen) atoms. The van der Waals surface area contributed by atoms with Crippen LogP contribution in [0, 0.1) is 17.7 Å². The molecule has 5 rings (SSSR count). The molecule has 2 aliphatic carbocycles. The first kappa shape index (κ1) is 21.7. The third kappa shape index (κ3) is 4.16. The van der Waals surface area contributed by atoms with Gasteiger partial charge in [0, 0.05) is 30.7 Å². The molecule has 9 heteroatoms. The first-order valence-corrected chi connectivity index (χ1v) is 11.4. The maximum atomic E-state index is 15.3. The highest BCUT2D eigenvalue weighted by molar-refractivity contribution is 5.93. The third-order valence-electron chi connectivity index (χ3n) is 6.68. The number of carbonyl (C=O) groups excluding carboxylic acids is 1. The predicted molar refractivity (Wildman–Crippen MR) is 120 cm³/mol. The standard InChI is InChI=1S/C24H28FN3O5/c1-24(2,3)33-23(32)26-18-11-27(9-12-6-14(12)18)20-8-19-15(7-17(20)25)21(29)16(22(30)31)10-28(19)13-4-5-13/h7-8,10,12-14,18H,4-6,9,11H2,1-3H3,(H,26,32)(H,30,31). The van der Waals surface area contributed by atoms with Crippen molar-refractivity contribution >= 4 is 28.7 Å². The molecule has 2 N–H and O–H groups in total. The molecular weight excluding hydrogens is 429 g/mol. The molecule has 3 unspecified atom stereocenters. The number of carboxylic acids is 1. The Morgan fingerprint density at radius 2 is 1.94 bits per heavy atom. The van der Waals surface area contributed by atoms with E-state index < -0.39 is 28.9 Å². The number of rotatable bonds is 4. The lowest BCUT2D eigenvalue weighted by molar-refractivity contribution is 0.0494. The summed E-state index contributed by atoms with van der Waals surface area (Å²) in [5.74, 6) is -1.18. The van der Waals surface area contributed by atoms with Crippen molar-refractivity contribution in [3.05, 3.63) is 39.9 Å². The number of aromatic nitrogens is 1. The minimum atomic E-state index is -1.31. The van der Waals surface area contributed by atoms with Crippen molar-refractivity contribution in [2.75, 3.05) is 18.0 Å². The topological polar surface area (TPSA) is 101 Å². The molecular formula is C24H28FN3O5. The highest BCUT2D eigenvalue weighted by Crippen LogP contribution is 2.47. The molecule has 0 bridgehead atoms. The number of fused-ring (bicyclic) bond motifs is 2. The van der Waals surface area contributed by atoms with Crippen LogP contribution in [0.3, 0.4) is 0 Å². The summed E-state index contributed by atoms with van der Waals surface area (Å²) in [5, 5.41) is 12.4. The van der Waals surface area contributed by atoms with E-state index in [1.165, 1.54) is 6.20 Å². The van der Waals surface area contributed by atoms with Gasteiger partial charge in [-0.25, -0.2) is 14.0 Å². The van der Waals surface area contributed by atoms with E-state index in [4.69, 9.17) is 4.74 Å². The number of nitrogens with one attached hydrogen (secondary N) is 1. The number of piperidine rings is 1. The second kappa shape index (κ2) is 7.46. The van der Waals surface area contributed by atoms with E-state index in [-0.39, 0.29) is 23.0 Å². The molecule has 1 amide bonds. The van der Waals surface area contributed by atoms with Crippen molar-refractivity contribution in [1.82, 2.24) is 9.88 Å². The van der Waals surface area contributed by atoms with E-state index in [9.17, 15) is 19.5 Å². The fourth-order valence-electron chi connectivity index (χ4n) is 4.92. The molecule has 1 aromatic heterocycles. The van der Waals surface area contributed by atoms with Gasteiger partial charge in [0.2, 0.25) is 5.43 Å². The smallest absolute Gasteiger partial charge is 0.407 e. The van der Waals surface area contributed by atoms with Crippen LogP contribution in [0.1, 0.15) is 56.4 Å². The molecule has 0 radical (unpaired) electrons. The molecule has 176 valence electrons. The molecule has 0 spiro atoms. The van der Waals surface area contributed by atoms with Gasteiger partial charge in [-0.1, -0.05) is 0 Å². The zero-order chi connectivity index (χ0) is 23.7. The van der Waals surface area contributed by atoms with E-state index in [2.05, 4.69) is 5.32 Å². The van der Waals surface area contributed by atoms with Crippen LogP contribution in [-0.2, 0) is 4.74 Å². The molecule has 8 nitrogen and oxygen atoms in total. The number of halogens is 1. The van der Waals surface area contributed by atoms with Crippen LogP contribution >= 0.6 is 0 Å². The van der Waals surface area contributed by atoms with Gasteiger partial charge < -0.3 is 24.6 Å². The number of hydrogen-bond donors (Lipinski definition) is 2. The van der Waals surface area contributed by atoms with Gasteiger partial charge in [-0.2, -0.15) is 0 Å². The number of alkyl carbamates (subject to hydrolysis) is 1. The summed E-state index contributed by atoms with van der Waals surface area (Å²) < 4.78 is 22.5. The molecule has 1 aromatic carbocycles. The Hall–Kier alpha value is -3.10. The van der Waals surface area contributed by atoms with Gasteiger partial charge in [0.25, 0.3) is 0 Å². The Kier molecular flexibility index (Phi) is 4.91. The molecule has 2 heterocycles. The third-order valence-corrected chi connectivity index (χ3v) is 6.68. The van der Waals surface area contributed by atoms with E-state index in [0.29, 0.717) is 36.1 Å². The normalized spacial score (nSPS) is 24.4. The summed E-state index contributed by atoms with van der Waals surface area (Å²) >= 11 is 0. The number of hydrogen-bond acceptors (Lipinski definition) is 5. The number of ether oxygens (including phenoxy) is 1. The summed E-state index contributed by atoms with van der Waals surface area (Å²) in [7, 11) is 0. The maximum absolute atomic E-state index is 15.3. The molecule has 1 aliphatic heterocycles. The zero-order valence-electron chi connectivity index (χ0n) is 18.9. The number of pyridine rings is 1. The summed E-state index contributed by atoms with van der Waals surface area (Å²) in [6, 6.07) is 2.77. The molecule has 3 atom stereocenters. The van der Waals surface area contributed by atoms with Crippen LogP contribution in [0.15, 0.2) is 23.1 Å². The number of amides is 1. The number of carbonyl (C=O) groups is 2. The fourth-order valence-corrected chi connectivity index (χ4v) is 4.92. The molecule has 3 aliphatic rings. The number of carboxylic acid groups (broad SMARTS) is 1. The van der Waals surface area contributed by atoms with Gasteiger partial charge in [0.15, 0.2) is 0 Å². The minimum Gasteiger partial charge on any atom is -0.477 e. The Bertz CT molecular complexity index is 1210.